The van der Waals surface area contributed by atoms with Gasteiger partial charge in [-0.1, -0.05) is 34.1 Å². The van der Waals surface area contributed by atoms with Crippen LogP contribution in [0.25, 0.3) is 10.9 Å². The number of hydrogen-bond donors (Lipinski definition) is 1. The van der Waals surface area contributed by atoms with Crippen LogP contribution in [0.4, 0.5) is 4.39 Å². The maximum atomic E-state index is 13.4. The summed E-state index contributed by atoms with van der Waals surface area (Å²) in [5.41, 5.74) is 7.51. The first-order valence-electron chi connectivity index (χ1n) is 6.38. The van der Waals surface area contributed by atoms with E-state index in [1.165, 1.54) is 12.1 Å². The Morgan fingerprint density at radius 3 is 2.71 bits per heavy atom. The number of nitrogens with two attached hydrogens (primary N) is 1. The van der Waals surface area contributed by atoms with Gasteiger partial charge in [0.1, 0.15) is 11.6 Å². The Bertz CT molecular complexity index is 787. The second-order valence-corrected chi connectivity index (χ2v) is 5.46. The molecule has 0 amide bonds. The van der Waals surface area contributed by atoms with Crippen LogP contribution >= 0.6 is 15.9 Å². The fourth-order valence-electron chi connectivity index (χ4n) is 2.15. The van der Waals surface area contributed by atoms with Crippen LogP contribution in [0.15, 0.2) is 53.0 Å². The van der Waals surface area contributed by atoms with Gasteiger partial charge in [-0.05, 0) is 23.8 Å². The monoisotopic (exact) mass is 346 g/mol. The molecule has 2 N–H and O–H groups in total. The minimum atomic E-state index is -0.376. The van der Waals surface area contributed by atoms with Crippen LogP contribution in [0.1, 0.15) is 5.56 Å². The third-order valence-electron chi connectivity index (χ3n) is 3.06. The summed E-state index contributed by atoms with van der Waals surface area (Å²) in [6, 6.07) is 13.8. The number of benzene rings is 2. The number of nitrogens with zero attached hydrogens (tertiary/aromatic N) is 1. The largest absolute Gasteiger partial charge is 0.439 e. The van der Waals surface area contributed by atoms with E-state index in [0.29, 0.717) is 22.6 Å². The van der Waals surface area contributed by atoms with Crippen molar-refractivity contribution in [3.8, 4) is 11.6 Å². The molecule has 0 fully saturated rings. The summed E-state index contributed by atoms with van der Waals surface area (Å²) >= 11 is 3.23. The Morgan fingerprint density at radius 2 is 1.95 bits per heavy atom. The molecule has 0 aliphatic heterocycles. The van der Waals surface area contributed by atoms with Crippen LogP contribution in [0.3, 0.4) is 0 Å². The molecule has 0 saturated carbocycles. The number of ether oxygens (including phenoxy) is 1. The average Bonchev–Trinajstić information content (AvgIpc) is 2.45. The Balaban J connectivity index is 2.04. The van der Waals surface area contributed by atoms with Crippen molar-refractivity contribution in [3.05, 3.63) is 64.4 Å². The second kappa shape index (κ2) is 5.79. The van der Waals surface area contributed by atoms with Crippen molar-refractivity contribution in [2.75, 3.05) is 0 Å². The molecule has 1 heterocycles. The van der Waals surface area contributed by atoms with E-state index in [0.717, 1.165) is 16.5 Å². The Labute approximate surface area is 129 Å². The van der Waals surface area contributed by atoms with Crippen molar-refractivity contribution < 1.29 is 9.13 Å². The van der Waals surface area contributed by atoms with Crippen LogP contribution in [0.5, 0.6) is 11.6 Å². The SMILES string of the molecule is NCc1cc(Oc2cc(F)cc(Br)c2)nc2ccccc12. The third-order valence-corrected chi connectivity index (χ3v) is 3.51. The first kappa shape index (κ1) is 14.0. The highest BCUT2D eigenvalue weighted by Gasteiger charge is 2.07. The van der Waals surface area contributed by atoms with Gasteiger partial charge in [-0.25, -0.2) is 9.37 Å². The molecular formula is C16H12BrFN2O. The van der Waals surface area contributed by atoms with Crippen LogP contribution in [0, 0.1) is 5.82 Å². The van der Waals surface area contributed by atoms with Gasteiger partial charge >= 0.3 is 0 Å². The van der Waals surface area contributed by atoms with Crippen molar-refractivity contribution in [2.45, 2.75) is 6.54 Å². The highest BCUT2D eigenvalue weighted by atomic mass is 79.9. The lowest BCUT2D eigenvalue weighted by Crippen LogP contribution is -2.00. The zero-order chi connectivity index (χ0) is 14.8. The van der Waals surface area contributed by atoms with E-state index in [1.54, 1.807) is 12.1 Å². The molecule has 0 bridgehead atoms. The van der Waals surface area contributed by atoms with E-state index in [9.17, 15) is 4.39 Å². The minimum absolute atomic E-state index is 0.376. The lowest BCUT2D eigenvalue weighted by atomic mass is 10.1. The maximum Gasteiger partial charge on any atom is 0.220 e. The Morgan fingerprint density at radius 1 is 1.14 bits per heavy atom. The number of halogens is 2. The molecule has 2 aromatic carbocycles. The van der Waals surface area contributed by atoms with Crippen molar-refractivity contribution in [2.24, 2.45) is 5.73 Å². The standard InChI is InChI=1S/C16H12BrFN2O/c17-11-6-12(18)8-13(7-11)21-16-5-10(9-19)14-3-1-2-4-15(14)20-16/h1-8H,9,19H2. The molecule has 21 heavy (non-hydrogen) atoms. The zero-order valence-electron chi connectivity index (χ0n) is 11.0. The van der Waals surface area contributed by atoms with E-state index in [2.05, 4.69) is 20.9 Å². The average molecular weight is 347 g/mol. The Hall–Kier alpha value is -1.98. The number of para-hydroxylation sites is 1. The summed E-state index contributed by atoms with van der Waals surface area (Å²) in [4.78, 5) is 4.42. The summed E-state index contributed by atoms with van der Waals surface area (Å²) in [6.45, 7) is 0.381. The molecule has 3 rings (SSSR count). The van der Waals surface area contributed by atoms with E-state index in [4.69, 9.17) is 10.5 Å². The van der Waals surface area contributed by atoms with Gasteiger partial charge in [0, 0.05) is 28.5 Å². The summed E-state index contributed by atoms with van der Waals surface area (Å²) < 4.78 is 19.6. The minimum Gasteiger partial charge on any atom is -0.439 e. The molecule has 0 aliphatic rings. The maximum absolute atomic E-state index is 13.4. The van der Waals surface area contributed by atoms with Crippen LogP contribution in [-0.4, -0.2) is 4.98 Å². The molecule has 0 radical (unpaired) electrons. The van der Waals surface area contributed by atoms with Gasteiger partial charge in [0.05, 0.1) is 5.52 Å². The van der Waals surface area contributed by atoms with Gasteiger partial charge in [-0.15, -0.1) is 0 Å². The third kappa shape index (κ3) is 3.04. The molecule has 0 atom stereocenters. The van der Waals surface area contributed by atoms with Gasteiger partial charge in [0.15, 0.2) is 0 Å². The second-order valence-electron chi connectivity index (χ2n) is 4.55. The molecule has 5 heteroatoms. The van der Waals surface area contributed by atoms with E-state index in [1.807, 2.05) is 24.3 Å². The van der Waals surface area contributed by atoms with Gasteiger partial charge < -0.3 is 10.5 Å². The number of pyridine rings is 1. The summed E-state index contributed by atoms with van der Waals surface area (Å²) in [5, 5.41) is 0.993. The predicted octanol–water partition coefficient (Wildman–Crippen LogP) is 4.39. The van der Waals surface area contributed by atoms with E-state index in [-0.39, 0.29) is 5.82 Å². The topological polar surface area (TPSA) is 48.1 Å². The molecule has 0 spiro atoms. The highest BCUT2D eigenvalue weighted by Crippen LogP contribution is 2.28. The van der Waals surface area contributed by atoms with Gasteiger partial charge in [0.2, 0.25) is 5.88 Å². The summed E-state index contributed by atoms with van der Waals surface area (Å²) in [7, 11) is 0. The van der Waals surface area contributed by atoms with Gasteiger partial charge in [0.25, 0.3) is 0 Å². The van der Waals surface area contributed by atoms with Crippen molar-refractivity contribution >= 4 is 26.8 Å². The Kier molecular flexibility index (Phi) is 3.86. The molecule has 106 valence electrons. The summed E-state index contributed by atoms with van der Waals surface area (Å²) in [5.74, 6) is 0.401. The quantitative estimate of drug-likeness (QED) is 0.765. The molecular weight excluding hydrogens is 335 g/mol. The number of hydrogen-bond acceptors (Lipinski definition) is 3. The lowest BCUT2D eigenvalue weighted by Gasteiger charge is -2.09. The first-order chi connectivity index (χ1) is 10.2. The molecule has 0 aliphatic carbocycles. The lowest BCUT2D eigenvalue weighted by molar-refractivity contribution is 0.459. The predicted molar refractivity (Wildman–Crippen MR) is 83.8 cm³/mol. The van der Waals surface area contributed by atoms with Crippen molar-refractivity contribution in [1.29, 1.82) is 0 Å². The smallest absolute Gasteiger partial charge is 0.220 e. The van der Waals surface area contributed by atoms with Crippen LogP contribution < -0.4 is 10.5 Å². The normalized spacial score (nSPS) is 10.8. The van der Waals surface area contributed by atoms with Crippen molar-refractivity contribution in [1.82, 2.24) is 4.98 Å². The van der Waals surface area contributed by atoms with E-state index < -0.39 is 0 Å². The summed E-state index contributed by atoms with van der Waals surface area (Å²) in [6.07, 6.45) is 0. The van der Waals surface area contributed by atoms with E-state index >= 15 is 0 Å². The molecule has 0 unspecified atom stereocenters. The fraction of sp³-hybridized carbons (Fsp3) is 0.0625. The first-order valence-corrected chi connectivity index (χ1v) is 7.17. The molecule has 3 aromatic rings. The molecule has 1 aromatic heterocycles. The number of aromatic nitrogens is 1. The van der Waals surface area contributed by atoms with Crippen molar-refractivity contribution in [3.63, 3.8) is 0 Å². The number of rotatable bonds is 3. The fourth-order valence-corrected chi connectivity index (χ4v) is 2.59. The molecule has 3 nitrogen and oxygen atoms in total. The van der Waals surface area contributed by atoms with Gasteiger partial charge in [-0.2, -0.15) is 0 Å². The molecule has 0 saturated heterocycles. The number of fused-ring (bicyclic) bond motifs is 1. The van der Waals surface area contributed by atoms with Crippen LogP contribution in [-0.2, 0) is 6.54 Å². The van der Waals surface area contributed by atoms with Crippen LogP contribution in [0.2, 0.25) is 0 Å². The zero-order valence-corrected chi connectivity index (χ0v) is 12.6. The highest BCUT2D eigenvalue weighted by molar-refractivity contribution is 9.10. The van der Waals surface area contributed by atoms with Gasteiger partial charge in [-0.3, -0.25) is 0 Å².